The maximum Gasteiger partial charge on any atom is 0.248 e. The Morgan fingerprint density at radius 2 is 1.60 bits per heavy atom. The van der Waals surface area contributed by atoms with Gasteiger partial charge in [0.2, 0.25) is 11.8 Å². The molecule has 1 aromatic heterocycles. The molecule has 0 aliphatic heterocycles. The molecule has 3 aromatic carbocycles. The highest BCUT2D eigenvalue weighted by Gasteiger charge is 2.19. The second kappa shape index (κ2) is 9.85. The summed E-state index contributed by atoms with van der Waals surface area (Å²) in [4.78, 5) is 23.9. The summed E-state index contributed by atoms with van der Waals surface area (Å²) in [7, 11) is 1.57. The molecular formula is C28H25FN2O4. The summed E-state index contributed by atoms with van der Waals surface area (Å²) in [5.41, 5.74) is 5.81. The van der Waals surface area contributed by atoms with Crippen molar-refractivity contribution in [3.63, 3.8) is 0 Å². The number of hydrogen-bond donors (Lipinski definition) is 2. The van der Waals surface area contributed by atoms with Crippen molar-refractivity contribution in [3.8, 4) is 16.9 Å². The number of fused-ring (bicyclic) bond motifs is 1. The van der Waals surface area contributed by atoms with Crippen LogP contribution in [0.2, 0.25) is 0 Å². The molecule has 0 spiro atoms. The number of methoxy groups -OCH3 is 1. The van der Waals surface area contributed by atoms with E-state index in [1.165, 1.54) is 25.1 Å². The molecule has 0 fully saturated rings. The molecule has 4 rings (SSSR count). The first-order valence-corrected chi connectivity index (χ1v) is 11.0. The second-order valence-electron chi connectivity index (χ2n) is 8.19. The van der Waals surface area contributed by atoms with Crippen LogP contribution in [-0.2, 0) is 9.59 Å². The number of hydrogen-bond acceptors (Lipinski definition) is 4. The molecule has 2 N–H and O–H groups in total. The van der Waals surface area contributed by atoms with Gasteiger partial charge in [-0.25, -0.2) is 4.39 Å². The molecule has 0 aliphatic carbocycles. The Morgan fingerprint density at radius 3 is 2.20 bits per heavy atom. The van der Waals surface area contributed by atoms with Crippen LogP contribution in [0.1, 0.15) is 25.0 Å². The number of ether oxygens (including phenoxy) is 1. The van der Waals surface area contributed by atoms with E-state index in [2.05, 4.69) is 10.6 Å². The first-order valence-electron chi connectivity index (χ1n) is 11.0. The zero-order chi connectivity index (χ0) is 25.1. The molecule has 4 aromatic rings. The van der Waals surface area contributed by atoms with Crippen molar-refractivity contribution in [1.29, 1.82) is 0 Å². The predicted octanol–water partition coefficient (Wildman–Crippen LogP) is 6.56. The van der Waals surface area contributed by atoms with Crippen LogP contribution in [0.5, 0.6) is 5.75 Å². The zero-order valence-corrected chi connectivity index (χ0v) is 19.9. The maximum atomic E-state index is 13.4. The average molecular weight is 473 g/mol. The van der Waals surface area contributed by atoms with Crippen molar-refractivity contribution in [1.82, 2.24) is 0 Å². The highest BCUT2D eigenvalue weighted by atomic mass is 19.1. The summed E-state index contributed by atoms with van der Waals surface area (Å²) in [5.74, 6) is -0.171. The van der Waals surface area contributed by atoms with Crippen molar-refractivity contribution in [2.24, 2.45) is 0 Å². The van der Waals surface area contributed by atoms with E-state index < -0.39 is 0 Å². The van der Waals surface area contributed by atoms with Gasteiger partial charge in [-0.05, 0) is 67.4 Å². The van der Waals surface area contributed by atoms with E-state index in [4.69, 9.17) is 9.15 Å². The number of nitrogens with one attached hydrogen (secondary N) is 2. The average Bonchev–Trinajstić information content (AvgIpc) is 3.24. The predicted molar refractivity (Wildman–Crippen MR) is 136 cm³/mol. The quantitative estimate of drug-likeness (QED) is 0.312. The number of carbonyl (C=O) groups excluding carboxylic acids is 2. The number of benzene rings is 3. The van der Waals surface area contributed by atoms with Crippen molar-refractivity contribution in [2.75, 3.05) is 17.7 Å². The van der Waals surface area contributed by atoms with Crippen LogP contribution in [-0.4, -0.2) is 18.9 Å². The van der Waals surface area contributed by atoms with E-state index in [-0.39, 0.29) is 17.6 Å². The molecule has 35 heavy (non-hydrogen) atoms. The molecule has 6 nitrogen and oxygen atoms in total. The van der Waals surface area contributed by atoms with Gasteiger partial charge in [-0.1, -0.05) is 12.1 Å². The molecule has 7 heteroatoms. The normalized spacial score (nSPS) is 11.4. The minimum Gasteiger partial charge on any atom is -0.496 e. The SMILES string of the molecule is COc1c(/C(C)=C/C(=O)Nc2ccc(NC(C)=O)cc2)cc2c(-c3ccc(F)cc3)coc2c1C. The van der Waals surface area contributed by atoms with Crippen molar-refractivity contribution >= 4 is 39.7 Å². The molecule has 0 saturated carbocycles. The standard InChI is InChI=1S/C28H25FN2O4/c1-16(13-26(33)31-22-11-9-21(10-12-22)30-18(3)32)23-14-24-25(19-5-7-20(29)8-6-19)15-35-28(24)17(2)27(23)34-4/h5-15H,1-4H3,(H,30,32)(H,31,33)/b16-13+. The van der Waals surface area contributed by atoms with Crippen molar-refractivity contribution in [3.05, 3.63) is 83.9 Å². The van der Waals surface area contributed by atoms with Gasteiger partial charge in [-0.2, -0.15) is 0 Å². The van der Waals surface area contributed by atoms with E-state index >= 15 is 0 Å². The third-order valence-electron chi connectivity index (χ3n) is 5.65. The monoisotopic (exact) mass is 472 g/mol. The molecule has 178 valence electrons. The van der Waals surface area contributed by atoms with Gasteiger partial charge >= 0.3 is 0 Å². The number of rotatable bonds is 6. The Kier molecular flexibility index (Phi) is 6.68. The third kappa shape index (κ3) is 5.09. The zero-order valence-electron chi connectivity index (χ0n) is 19.9. The maximum absolute atomic E-state index is 13.4. The van der Waals surface area contributed by atoms with Gasteiger partial charge in [-0.15, -0.1) is 0 Å². The Bertz CT molecular complexity index is 1430. The number of allylic oxidation sites excluding steroid dienone is 1. The molecule has 0 aliphatic rings. The van der Waals surface area contributed by atoms with E-state index in [1.807, 2.05) is 19.9 Å². The number of aryl methyl sites for hydroxylation is 1. The molecule has 1 heterocycles. The topological polar surface area (TPSA) is 80.6 Å². The van der Waals surface area contributed by atoms with E-state index in [0.29, 0.717) is 28.3 Å². The van der Waals surface area contributed by atoms with Gasteiger partial charge in [0.1, 0.15) is 17.1 Å². The number of carbonyl (C=O) groups is 2. The first-order chi connectivity index (χ1) is 16.8. The lowest BCUT2D eigenvalue weighted by atomic mass is 9.96. The van der Waals surface area contributed by atoms with Crippen LogP contribution in [0.25, 0.3) is 27.7 Å². The van der Waals surface area contributed by atoms with Gasteiger partial charge in [0.15, 0.2) is 0 Å². The number of amides is 2. The smallest absolute Gasteiger partial charge is 0.248 e. The van der Waals surface area contributed by atoms with Crippen molar-refractivity contribution in [2.45, 2.75) is 20.8 Å². The summed E-state index contributed by atoms with van der Waals surface area (Å²) >= 11 is 0. The Labute approximate surface area is 202 Å². The van der Waals surface area contributed by atoms with Crippen LogP contribution in [0.4, 0.5) is 15.8 Å². The van der Waals surface area contributed by atoms with Gasteiger partial charge in [0, 0.05) is 46.5 Å². The lowest BCUT2D eigenvalue weighted by Gasteiger charge is -2.13. The van der Waals surface area contributed by atoms with Gasteiger partial charge in [0.25, 0.3) is 0 Å². The minimum atomic E-state index is -0.311. The van der Waals surface area contributed by atoms with E-state index in [9.17, 15) is 14.0 Å². The first kappa shape index (κ1) is 23.8. The lowest BCUT2D eigenvalue weighted by Crippen LogP contribution is -2.09. The Balaban J connectivity index is 1.66. The fourth-order valence-electron chi connectivity index (χ4n) is 4.02. The third-order valence-corrected chi connectivity index (χ3v) is 5.65. The van der Waals surface area contributed by atoms with Gasteiger partial charge in [-0.3, -0.25) is 9.59 Å². The van der Waals surface area contributed by atoms with Gasteiger partial charge in [0.05, 0.1) is 13.4 Å². The molecule has 0 saturated heterocycles. The molecule has 2 amide bonds. The molecule has 0 unspecified atom stereocenters. The molecule has 0 atom stereocenters. The Hall–Kier alpha value is -4.39. The second-order valence-corrected chi connectivity index (χ2v) is 8.19. The summed E-state index contributed by atoms with van der Waals surface area (Å²) in [6.07, 6.45) is 3.15. The summed E-state index contributed by atoms with van der Waals surface area (Å²) in [5, 5.41) is 6.35. The van der Waals surface area contributed by atoms with Crippen LogP contribution in [0.15, 0.2) is 71.4 Å². The highest BCUT2D eigenvalue weighted by Crippen LogP contribution is 2.40. The fraction of sp³-hybridized carbons (Fsp3) is 0.143. The number of anilines is 2. The van der Waals surface area contributed by atoms with Crippen LogP contribution in [0.3, 0.4) is 0 Å². The highest BCUT2D eigenvalue weighted by molar-refractivity contribution is 6.06. The van der Waals surface area contributed by atoms with Gasteiger partial charge < -0.3 is 19.8 Å². The molecule has 0 radical (unpaired) electrons. The summed E-state index contributed by atoms with van der Waals surface area (Å²) in [6, 6.07) is 15.0. The fourth-order valence-corrected chi connectivity index (χ4v) is 4.02. The van der Waals surface area contributed by atoms with E-state index in [1.54, 1.807) is 49.8 Å². The Morgan fingerprint density at radius 1 is 0.971 bits per heavy atom. The molecular weight excluding hydrogens is 447 g/mol. The number of furan rings is 1. The largest absolute Gasteiger partial charge is 0.496 e. The lowest BCUT2D eigenvalue weighted by molar-refractivity contribution is -0.114. The summed E-state index contributed by atoms with van der Waals surface area (Å²) < 4.78 is 24.9. The minimum absolute atomic E-state index is 0.165. The molecule has 0 bridgehead atoms. The van der Waals surface area contributed by atoms with Crippen LogP contribution in [0, 0.1) is 12.7 Å². The number of halogens is 1. The van der Waals surface area contributed by atoms with Crippen LogP contribution < -0.4 is 15.4 Å². The summed E-state index contributed by atoms with van der Waals surface area (Å²) in [6.45, 7) is 5.16. The van der Waals surface area contributed by atoms with Crippen LogP contribution >= 0.6 is 0 Å². The van der Waals surface area contributed by atoms with E-state index in [0.717, 1.165) is 27.6 Å². The van der Waals surface area contributed by atoms with Crippen molar-refractivity contribution < 1.29 is 23.1 Å².